The fraction of sp³-hybridized carbons (Fsp3) is 0.435. The predicted molar refractivity (Wildman–Crippen MR) is 111 cm³/mol. The zero-order valence-corrected chi connectivity index (χ0v) is 16.8. The normalized spacial score (nSPS) is 13.9. The highest BCUT2D eigenvalue weighted by Gasteiger charge is 2.28. The zero-order valence-electron chi connectivity index (χ0n) is 16.8. The van der Waals surface area contributed by atoms with Crippen molar-refractivity contribution in [2.75, 3.05) is 16.3 Å². The maximum absolute atomic E-state index is 12.8. The second-order valence-electron chi connectivity index (χ2n) is 8.09. The Balaban J connectivity index is 1.78. The number of ether oxygens (including phenoxy) is 1. The third-order valence-corrected chi connectivity index (χ3v) is 4.62. The Bertz CT molecular complexity index is 746. The van der Waals surface area contributed by atoms with Crippen LogP contribution in [0.15, 0.2) is 54.6 Å². The SMILES string of the molecule is CCN(c1ccc(CN(C(=O)OC(C)(C)C)c2ccccc2)cc1)C1CC1. The Labute approximate surface area is 162 Å². The Kier molecular flexibility index (Phi) is 5.73. The summed E-state index contributed by atoms with van der Waals surface area (Å²) >= 11 is 0. The third-order valence-electron chi connectivity index (χ3n) is 4.62. The first-order chi connectivity index (χ1) is 12.9. The molecule has 0 radical (unpaired) electrons. The van der Waals surface area contributed by atoms with Gasteiger partial charge in [0.15, 0.2) is 0 Å². The van der Waals surface area contributed by atoms with Crippen molar-refractivity contribution in [3.8, 4) is 0 Å². The van der Waals surface area contributed by atoms with Crippen LogP contribution >= 0.6 is 0 Å². The number of carbonyl (C=O) groups is 1. The molecule has 0 atom stereocenters. The van der Waals surface area contributed by atoms with Gasteiger partial charge in [-0.05, 0) is 70.4 Å². The maximum Gasteiger partial charge on any atom is 0.415 e. The molecule has 27 heavy (non-hydrogen) atoms. The predicted octanol–water partition coefficient (Wildman–Crippen LogP) is 5.62. The Morgan fingerprint density at radius 1 is 1.00 bits per heavy atom. The number of nitrogens with zero attached hydrogens (tertiary/aromatic N) is 2. The van der Waals surface area contributed by atoms with E-state index in [1.54, 1.807) is 4.90 Å². The van der Waals surface area contributed by atoms with Gasteiger partial charge in [-0.3, -0.25) is 4.90 Å². The lowest BCUT2D eigenvalue weighted by atomic mass is 10.1. The monoisotopic (exact) mass is 366 g/mol. The van der Waals surface area contributed by atoms with Gasteiger partial charge in [0.2, 0.25) is 0 Å². The molecule has 1 aliphatic carbocycles. The summed E-state index contributed by atoms with van der Waals surface area (Å²) in [4.78, 5) is 16.9. The van der Waals surface area contributed by atoms with Crippen LogP contribution in [0.1, 0.15) is 46.1 Å². The van der Waals surface area contributed by atoms with Gasteiger partial charge in [-0.25, -0.2) is 4.79 Å². The molecule has 0 unspecified atom stereocenters. The number of benzene rings is 2. The first-order valence-electron chi connectivity index (χ1n) is 9.78. The maximum atomic E-state index is 12.8. The van der Waals surface area contributed by atoms with E-state index in [1.807, 2.05) is 51.1 Å². The molecular formula is C23H30N2O2. The molecule has 1 amide bonds. The van der Waals surface area contributed by atoms with E-state index in [4.69, 9.17) is 4.74 Å². The molecule has 144 valence electrons. The minimum atomic E-state index is -0.528. The largest absolute Gasteiger partial charge is 0.443 e. The van der Waals surface area contributed by atoms with Crippen LogP contribution in [0.3, 0.4) is 0 Å². The van der Waals surface area contributed by atoms with Gasteiger partial charge in [0, 0.05) is 24.0 Å². The molecule has 1 saturated carbocycles. The quantitative estimate of drug-likeness (QED) is 0.665. The molecule has 2 aromatic rings. The lowest BCUT2D eigenvalue weighted by Crippen LogP contribution is -2.36. The topological polar surface area (TPSA) is 32.8 Å². The standard InChI is InChI=1S/C23H30N2O2/c1-5-24(21-15-16-21)20-13-11-18(12-14-20)17-25(19-9-7-6-8-10-19)22(26)27-23(2,3)4/h6-14,21H,5,15-17H2,1-4H3. The summed E-state index contributed by atoms with van der Waals surface area (Å²) in [6, 6.07) is 18.9. The Morgan fingerprint density at radius 2 is 1.63 bits per heavy atom. The van der Waals surface area contributed by atoms with Crippen LogP contribution in [0.4, 0.5) is 16.2 Å². The molecule has 4 nitrogen and oxygen atoms in total. The molecule has 1 fully saturated rings. The first-order valence-corrected chi connectivity index (χ1v) is 9.78. The second-order valence-corrected chi connectivity index (χ2v) is 8.09. The van der Waals surface area contributed by atoms with Crippen molar-refractivity contribution in [1.82, 2.24) is 0 Å². The molecule has 0 N–H and O–H groups in total. The number of hydrogen-bond donors (Lipinski definition) is 0. The van der Waals surface area contributed by atoms with Crippen LogP contribution in [-0.2, 0) is 11.3 Å². The van der Waals surface area contributed by atoms with Crippen LogP contribution in [0.2, 0.25) is 0 Å². The molecule has 4 heteroatoms. The van der Waals surface area contributed by atoms with Gasteiger partial charge in [0.05, 0.1) is 6.54 Å². The summed E-state index contributed by atoms with van der Waals surface area (Å²) < 4.78 is 5.62. The van der Waals surface area contributed by atoms with Gasteiger partial charge in [-0.2, -0.15) is 0 Å². The molecule has 0 heterocycles. The van der Waals surface area contributed by atoms with E-state index in [2.05, 4.69) is 36.1 Å². The van der Waals surface area contributed by atoms with E-state index in [0.29, 0.717) is 12.6 Å². The van der Waals surface area contributed by atoms with Gasteiger partial charge in [0.1, 0.15) is 5.60 Å². The van der Waals surface area contributed by atoms with Gasteiger partial charge >= 0.3 is 6.09 Å². The summed E-state index contributed by atoms with van der Waals surface area (Å²) in [5.41, 5.74) is 2.65. The van der Waals surface area contributed by atoms with Crippen LogP contribution in [-0.4, -0.2) is 24.3 Å². The molecule has 1 aliphatic rings. The van der Waals surface area contributed by atoms with E-state index in [-0.39, 0.29) is 6.09 Å². The average molecular weight is 367 g/mol. The average Bonchev–Trinajstić information content (AvgIpc) is 3.46. The molecule has 2 aromatic carbocycles. The number of hydrogen-bond acceptors (Lipinski definition) is 3. The van der Waals surface area contributed by atoms with Crippen molar-refractivity contribution in [3.05, 3.63) is 60.2 Å². The summed E-state index contributed by atoms with van der Waals surface area (Å²) in [5.74, 6) is 0. The van der Waals surface area contributed by atoms with Crippen molar-refractivity contribution in [2.24, 2.45) is 0 Å². The molecule has 0 bridgehead atoms. The Hall–Kier alpha value is -2.49. The molecule has 0 aromatic heterocycles. The molecule has 0 aliphatic heterocycles. The Morgan fingerprint density at radius 3 is 2.15 bits per heavy atom. The lowest BCUT2D eigenvalue weighted by Gasteiger charge is -2.28. The third kappa shape index (κ3) is 5.25. The van der Waals surface area contributed by atoms with Crippen molar-refractivity contribution in [2.45, 2.75) is 58.7 Å². The summed E-state index contributed by atoms with van der Waals surface area (Å²) in [5, 5.41) is 0. The van der Waals surface area contributed by atoms with Crippen LogP contribution in [0.5, 0.6) is 0 Å². The molecular weight excluding hydrogens is 336 g/mol. The minimum absolute atomic E-state index is 0.328. The number of amides is 1. The molecule has 0 saturated heterocycles. The number of rotatable bonds is 6. The van der Waals surface area contributed by atoms with E-state index in [0.717, 1.165) is 17.8 Å². The minimum Gasteiger partial charge on any atom is -0.443 e. The van der Waals surface area contributed by atoms with Gasteiger partial charge < -0.3 is 9.64 Å². The summed E-state index contributed by atoms with van der Waals surface area (Å²) in [6.45, 7) is 9.37. The lowest BCUT2D eigenvalue weighted by molar-refractivity contribution is 0.0577. The van der Waals surface area contributed by atoms with Crippen molar-refractivity contribution in [3.63, 3.8) is 0 Å². The fourth-order valence-electron chi connectivity index (χ4n) is 3.20. The summed E-state index contributed by atoms with van der Waals surface area (Å²) in [7, 11) is 0. The number of carbonyl (C=O) groups excluding carboxylic acids is 1. The smallest absolute Gasteiger partial charge is 0.415 e. The van der Waals surface area contributed by atoms with Crippen molar-refractivity contribution in [1.29, 1.82) is 0 Å². The summed E-state index contributed by atoms with van der Waals surface area (Å²) in [6.07, 6.45) is 2.25. The van der Waals surface area contributed by atoms with E-state index >= 15 is 0 Å². The van der Waals surface area contributed by atoms with E-state index in [1.165, 1.54) is 18.5 Å². The van der Waals surface area contributed by atoms with Gasteiger partial charge in [-0.1, -0.05) is 30.3 Å². The van der Waals surface area contributed by atoms with Crippen molar-refractivity contribution < 1.29 is 9.53 Å². The zero-order chi connectivity index (χ0) is 19.4. The second kappa shape index (κ2) is 8.03. The number of para-hydroxylation sites is 1. The van der Waals surface area contributed by atoms with Crippen molar-refractivity contribution >= 4 is 17.5 Å². The van der Waals surface area contributed by atoms with Gasteiger partial charge in [0.25, 0.3) is 0 Å². The number of anilines is 2. The highest BCUT2D eigenvalue weighted by Crippen LogP contribution is 2.31. The first kappa shape index (κ1) is 19.3. The molecule has 0 spiro atoms. The molecule has 3 rings (SSSR count). The van der Waals surface area contributed by atoms with Crippen LogP contribution < -0.4 is 9.80 Å². The van der Waals surface area contributed by atoms with E-state index < -0.39 is 5.60 Å². The highest BCUT2D eigenvalue weighted by molar-refractivity contribution is 5.87. The van der Waals surface area contributed by atoms with Crippen LogP contribution in [0, 0.1) is 0 Å². The van der Waals surface area contributed by atoms with Gasteiger partial charge in [-0.15, -0.1) is 0 Å². The highest BCUT2D eigenvalue weighted by atomic mass is 16.6. The fourth-order valence-corrected chi connectivity index (χ4v) is 3.20. The van der Waals surface area contributed by atoms with Crippen LogP contribution in [0.25, 0.3) is 0 Å². The van der Waals surface area contributed by atoms with E-state index in [9.17, 15) is 4.79 Å².